The Morgan fingerprint density at radius 2 is 1.65 bits per heavy atom. The first-order chi connectivity index (χ1) is 9.77. The summed E-state index contributed by atoms with van der Waals surface area (Å²) < 4.78 is 5.79. The van der Waals surface area contributed by atoms with Gasteiger partial charge in [-0.2, -0.15) is 0 Å². The van der Waals surface area contributed by atoms with Gasteiger partial charge in [0, 0.05) is 0 Å². The van der Waals surface area contributed by atoms with E-state index in [1.165, 1.54) is 57.8 Å². The quantitative estimate of drug-likeness (QED) is 0.491. The molecule has 1 rings (SSSR count). The summed E-state index contributed by atoms with van der Waals surface area (Å²) >= 11 is 0. The van der Waals surface area contributed by atoms with Crippen molar-refractivity contribution in [3.63, 3.8) is 0 Å². The zero-order chi connectivity index (χ0) is 14.6. The van der Waals surface area contributed by atoms with Crippen LogP contribution in [0.25, 0.3) is 0 Å². The van der Waals surface area contributed by atoms with E-state index in [0.717, 1.165) is 18.1 Å². The molecule has 1 aromatic rings. The molecule has 0 amide bonds. The Morgan fingerprint density at radius 1 is 0.950 bits per heavy atom. The molecule has 0 bridgehead atoms. The molecule has 0 aromatic carbocycles. The molecule has 116 valence electrons. The van der Waals surface area contributed by atoms with Crippen molar-refractivity contribution in [2.24, 2.45) is 0 Å². The van der Waals surface area contributed by atoms with Crippen LogP contribution >= 0.6 is 0 Å². The molecular weight excluding hydrogens is 246 g/mol. The maximum Gasteiger partial charge on any atom is 0.121 e. The largest absolute Gasteiger partial charge is 0.465 e. The second-order valence-electron chi connectivity index (χ2n) is 5.87. The Balaban J connectivity index is 2.23. The van der Waals surface area contributed by atoms with E-state index in [0.29, 0.717) is 6.04 Å². The summed E-state index contributed by atoms with van der Waals surface area (Å²) in [5.74, 6) is 2.13. The molecule has 2 nitrogen and oxygen atoms in total. The van der Waals surface area contributed by atoms with Crippen molar-refractivity contribution < 1.29 is 4.42 Å². The summed E-state index contributed by atoms with van der Waals surface area (Å²) in [6.45, 7) is 7.58. The lowest BCUT2D eigenvalue weighted by Gasteiger charge is -2.16. The molecule has 1 N–H and O–H groups in total. The van der Waals surface area contributed by atoms with Crippen molar-refractivity contribution in [1.29, 1.82) is 0 Å². The Morgan fingerprint density at radius 3 is 2.25 bits per heavy atom. The van der Waals surface area contributed by atoms with Crippen LogP contribution in [0.4, 0.5) is 0 Å². The third-order valence-corrected chi connectivity index (χ3v) is 3.84. The number of rotatable bonds is 12. The lowest BCUT2D eigenvalue weighted by molar-refractivity contribution is 0.375. The molecule has 1 aromatic heterocycles. The fourth-order valence-corrected chi connectivity index (χ4v) is 2.61. The Kier molecular flexibility index (Phi) is 9.48. The molecule has 0 aliphatic carbocycles. The molecule has 2 heteroatoms. The van der Waals surface area contributed by atoms with Crippen LogP contribution < -0.4 is 5.32 Å². The standard InChI is InChI=1S/C18H33NO/c1-4-6-7-8-9-10-11-12-17(19-15-5-2)18-14-13-16(3)20-18/h13-14,17,19H,4-12,15H2,1-3H3. The van der Waals surface area contributed by atoms with Gasteiger partial charge < -0.3 is 9.73 Å². The van der Waals surface area contributed by atoms with Gasteiger partial charge in [-0.25, -0.2) is 0 Å². The van der Waals surface area contributed by atoms with Gasteiger partial charge in [0.1, 0.15) is 11.5 Å². The van der Waals surface area contributed by atoms with Gasteiger partial charge in [0.15, 0.2) is 0 Å². The van der Waals surface area contributed by atoms with Crippen molar-refractivity contribution in [2.75, 3.05) is 6.54 Å². The molecule has 0 radical (unpaired) electrons. The number of hydrogen-bond acceptors (Lipinski definition) is 2. The van der Waals surface area contributed by atoms with Gasteiger partial charge in [-0.3, -0.25) is 0 Å². The van der Waals surface area contributed by atoms with Crippen LogP contribution in [0, 0.1) is 6.92 Å². The number of furan rings is 1. The molecule has 0 aliphatic rings. The summed E-state index contributed by atoms with van der Waals surface area (Å²) in [5.41, 5.74) is 0. The predicted molar refractivity (Wildman–Crippen MR) is 87.1 cm³/mol. The molecule has 1 atom stereocenters. The van der Waals surface area contributed by atoms with E-state index in [2.05, 4.69) is 31.3 Å². The SMILES string of the molecule is CCCCCCCCCC(NCCC)c1ccc(C)o1. The van der Waals surface area contributed by atoms with E-state index in [9.17, 15) is 0 Å². The molecule has 1 unspecified atom stereocenters. The molecule has 20 heavy (non-hydrogen) atoms. The second kappa shape index (κ2) is 11.0. The first-order valence-corrected chi connectivity index (χ1v) is 8.57. The van der Waals surface area contributed by atoms with Crippen LogP contribution in [0.5, 0.6) is 0 Å². The number of hydrogen-bond donors (Lipinski definition) is 1. The summed E-state index contributed by atoms with van der Waals surface area (Å²) in [4.78, 5) is 0. The van der Waals surface area contributed by atoms with Gasteiger partial charge in [0.2, 0.25) is 0 Å². The summed E-state index contributed by atoms with van der Waals surface area (Å²) in [6, 6.07) is 4.60. The van der Waals surface area contributed by atoms with E-state index in [4.69, 9.17) is 4.42 Å². The highest BCUT2D eigenvalue weighted by molar-refractivity contribution is 5.09. The topological polar surface area (TPSA) is 25.2 Å². The van der Waals surface area contributed by atoms with E-state index in [-0.39, 0.29) is 0 Å². The van der Waals surface area contributed by atoms with Crippen molar-refractivity contribution >= 4 is 0 Å². The van der Waals surface area contributed by atoms with Gasteiger partial charge in [-0.05, 0) is 38.4 Å². The lowest BCUT2D eigenvalue weighted by atomic mass is 10.0. The van der Waals surface area contributed by atoms with E-state index in [1.807, 2.05) is 6.92 Å². The van der Waals surface area contributed by atoms with Crippen LogP contribution in [0.2, 0.25) is 0 Å². The first-order valence-electron chi connectivity index (χ1n) is 8.57. The molecular formula is C18H33NO. The zero-order valence-electron chi connectivity index (χ0n) is 13.7. The minimum absolute atomic E-state index is 0.402. The molecule has 0 saturated carbocycles. The monoisotopic (exact) mass is 279 g/mol. The van der Waals surface area contributed by atoms with Crippen molar-refractivity contribution in [1.82, 2.24) is 5.32 Å². The van der Waals surface area contributed by atoms with Crippen LogP contribution in [-0.4, -0.2) is 6.54 Å². The highest BCUT2D eigenvalue weighted by atomic mass is 16.3. The van der Waals surface area contributed by atoms with E-state index >= 15 is 0 Å². The minimum Gasteiger partial charge on any atom is -0.465 e. The third kappa shape index (κ3) is 7.14. The molecule has 0 aliphatic heterocycles. The molecule has 1 heterocycles. The number of nitrogens with one attached hydrogen (secondary N) is 1. The van der Waals surface area contributed by atoms with Gasteiger partial charge in [-0.15, -0.1) is 0 Å². The van der Waals surface area contributed by atoms with E-state index in [1.54, 1.807) is 0 Å². The molecule has 0 spiro atoms. The summed E-state index contributed by atoms with van der Waals surface area (Å²) in [5, 5.41) is 3.62. The van der Waals surface area contributed by atoms with Gasteiger partial charge >= 0.3 is 0 Å². The Bertz CT molecular complexity index is 332. The van der Waals surface area contributed by atoms with Crippen LogP contribution in [-0.2, 0) is 0 Å². The second-order valence-corrected chi connectivity index (χ2v) is 5.87. The van der Waals surface area contributed by atoms with Crippen LogP contribution in [0.15, 0.2) is 16.5 Å². The maximum atomic E-state index is 5.79. The normalized spacial score (nSPS) is 12.8. The fraction of sp³-hybridized carbons (Fsp3) is 0.778. The third-order valence-electron chi connectivity index (χ3n) is 3.84. The Hall–Kier alpha value is -0.760. The smallest absolute Gasteiger partial charge is 0.121 e. The summed E-state index contributed by atoms with van der Waals surface area (Å²) in [7, 11) is 0. The zero-order valence-corrected chi connectivity index (χ0v) is 13.7. The highest BCUT2D eigenvalue weighted by Crippen LogP contribution is 2.22. The van der Waals surface area contributed by atoms with Crippen molar-refractivity contribution in [3.05, 3.63) is 23.7 Å². The van der Waals surface area contributed by atoms with E-state index < -0.39 is 0 Å². The first kappa shape index (κ1) is 17.3. The Labute approximate surface area is 125 Å². The average molecular weight is 279 g/mol. The lowest BCUT2D eigenvalue weighted by Crippen LogP contribution is -2.21. The van der Waals surface area contributed by atoms with Crippen LogP contribution in [0.3, 0.4) is 0 Å². The van der Waals surface area contributed by atoms with Crippen LogP contribution in [0.1, 0.15) is 89.2 Å². The summed E-state index contributed by atoms with van der Waals surface area (Å²) in [6.07, 6.45) is 12.0. The number of unbranched alkanes of at least 4 members (excludes halogenated alkanes) is 6. The maximum absolute atomic E-state index is 5.79. The van der Waals surface area contributed by atoms with Gasteiger partial charge in [0.05, 0.1) is 6.04 Å². The van der Waals surface area contributed by atoms with Crippen molar-refractivity contribution in [2.45, 2.75) is 84.6 Å². The van der Waals surface area contributed by atoms with Gasteiger partial charge in [-0.1, -0.05) is 58.8 Å². The highest BCUT2D eigenvalue weighted by Gasteiger charge is 2.13. The van der Waals surface area contributed by atoms with Gasteiger partial charge in [0.25, 0.3) is 0 Å². The fourth-order valence-electron chi connectivity index (χ4n) is 2.61. The predicted octanol–water partition coefficient (Wildman–Crippen LogP) is 5.77. The average Bonchev–Trinajstić information content (AvgIpc) is 2.87. The minimum atomic E-state index is 0.402. The molecule has 0 fully saturated rings. The number of aryl methyl sites for hydroxylation is 1. The van der Waals surface area contributed by atoms with Crippen molar-refractivity contribution in [3.8, 4) is 0 Å². The molecule has 0 saturated heterocycles.